The van der Waals surface area contributed by atoms with Crippen molar-refractivity contribution in [1.29, 1.82) is 0 Å². The lowest BCUT2D eigenvalue weighted by Gasteiger charge is -2.38. The van der Waals surface area contributed by atoms with Crippen molar-refractivity contribution in [2.24, 2.45) is 0 Å². The summed E-state index contributed by atoms with van der Waals surface area (Å²) in [5.74, 6) is -0.169. The van der Waals surface area contributed by atoms with E-state index < -0.39 is 26.1 Å². The fourth-order valence-corrected chi connectivity index (χ4v) is 2.86. The van der Waals surface area contributed by atoms with Gasteiger partial charge >= 0.3 is 6.09 Å². The minimum Gasteiger partial charge on any atom is -0.444 e. The number of allylic oxidation sites excluding steroid dienone is 1. The number of hydrogen-bond donors (Lipinski definition) is 0. The number of amides is 1. The van der Waals surface area contributed by atoms with Crippen molar-refractivity contribution < 1.29 is 18.8 Å². The van der Waals surface area contributed by atoms with Crippen LogP contribution in [0.3, 0.4) is 0 Å². The molecule has 6 heteroatoms. The Kier molecular flexibility index (Phi) is 9.00. The number of ether oxygens (including phenoxy) is 1. The van der Waals surface area contributed by atoms with Gasteiger partial charge in [0.2, 0.25) is 0 Å². The largest absolute Gasteiger partial charge is 0.444 e. The van der Waals surface area contributed by atoms with E-state index in [2.05, 4.69) is 40.4 Å². The molecule has 26 heavy (non-hydrogen) atoms. The van der Waals surface area contributed by atoms with Crippen molar-refractivity contribution in [3.63, 3.8) is 0 Å². The topological polar surface area (TPSA) is 55.8 Å². The monoisotopic (exact) mass is 383 g/mol. The van der Waals surface area contributed by atoms with Gasteiger partial charge in [-0.15, -0.1) is 6.58 Å². The minimum absolute atomic E-state index is 0.0518. The van der Waals surface area contributed by atoms with Gasteiger partial charge in [0.25, 0.3) is 0 Å². The highest BCUT2D eigenvalue weighted by atomic mass is 28.4. The van der Waals surface area contributed by atoms with Crippen molar-refractivity contribution in [2.75, 3.05) is 13.2 Å². The molecule has 0 fully saturated rings. The summed E-state index contributed by atoms with van der Waals surface area (Å²) in [6, 6.07) is -0.437. The van der Waals surface area contributed by atoms with Crippen molar-refractivity contribution in [1.82, 2.24) is 4.90 Å². The lowest BCUT2D eigenvalue weighted by molar-refractivity contribution is -0.116. The molecule has 0 spiro atoms. The molecule has 0 rings (SSSR count). The highest BCUT2D eigenvalue weighted by Gasteiger charge is 2.38. The van der Waals surface area contributed by atoms with Crippen LogP contribution in [0.25, 0.3) is 0 Å². The van der Waals surface area contributed by atoms with Gasteiger partial charge in [0.15, 0.2) is 14.1 Å². The Labute approximate surface area is 160 Å². The van der Waals surface area contributed by atoms with Gasteiger partial charge in [0.05, 0.1) is 19.2 Å². The fraction of sp³-hybridized carbons (Fsp3) is 0.700. The number of carbonyl (C=O) groups excluding carboxylic acids is 2. The smallest absolute Gasteiger partial charge is 0.411 e. The van der Waals surface area contributed by atoms with Gasteiger partial charge in [-0.2, -0.15) is 0 Å². The van der Waals surface area contributed by atoms with E-state index in [9.17, 15) is 9.59 Å². The average molecular weight is 384 g/mol. The Hall–Kier alpha value is -1.40. The average Bonchev–Trinajstić information content (AvgIpc) is 2.43. The lowest BCUT2D eigenvalue weighted by Crippen LogP contribution is -2.49. The summed E-state index contributed by atoms with van der Waals surface area (Å²) < 4.78 is 11.7. The fourth-order valence-electron chi connectivity index (χ4n) is 1.84. The quantitative estimate of drug-likeness (QED) is 0.338. The van der Waals surface area contributed by atoms with E-state index in [1.807, 2.05) is 0 Å². The van der Waals surface area contributed by atoms with Crippen LogP contribution in [0.4, 0.5) is 4.79 Å². The summed E-state index contributed by atoms with van der Waals surface area (Å²) >= 11 is 0. The molecule has 1 atom stereocenters. The zero-order valence-corrected chi connectivity index (χ0v) is 19.0. The molecule has 0 heterocycles. The number of carbonyl (C=O) groups is 2. The third-order valence-electron chi connectivity index (χ3n) is 4.40. The standard InChI is InChI=1S/C20H37NO4Si/c1-11-13-17(22)14-21(18(23)25-19(3,4)5)16(12-2)15-24-26(9,10)20(6,7)8/h11-13,16H,2,14-15H2,1,3-10H3/b13-11+. The van der Waals surface area contributed by atoms with E-state index in [1.54, 1.807) is 39.8 Å². The second-order valence-corrected chi connectivity index (χ2v) is 13.8. The molecule has 0 aromatic carbocycles. The van der Waals surface area contributed by atoms with E-state index in [4.69, 9.17) is 9.16 Å². The lowest BCUT2D eigenvalue weighted by atomic mass is 10.2. The Bertz CT molecular complexity index is 527. The first-order valence-electron chi connectivity index (χ1n) is 9.06. The zero-order valence-electron chi connectivity index (χ0n) is 18.0. The Morgan fingerprint density at radius 3 is 2.08 bits per heavy atom. The number of rotatable bonds is 8. The number of hydrogen-bond acceptors (Lipinski definition) is 4. The molecule has 0 N–H and O–H groups in total. The molecule has 0 aliphatic carbocycles. The first-order chi connectivity index (χ1) is 11.6. The third-order valence-corrected chi connectivity index (χ3v) is 8.90. The summed E-state index contributed by atoms with van der Waals surface area (Å²) in [6.07, 6.45) is 4.20. The summed E-state index contributed by atoms with van der Waals surface area (Å²) in [5, 5.41) is 0.0518. The molecule has 0 aliphatic heterocycles. The Morgan fingerprint density at radius 1 is 1.15 bits per heavy atom. The van der Waals surface area contributed by atoms with Crippen LogP contribution in [-0.4, -0.2) is 49.9 Å². The predicted octanol–water partition coefficient (Wildman–Crippen LogP) is 4.95. The van der Waals surface area contributed by atoms with Crippen LogP contribution >= 0.6 is 0 Å². The van der Waals surface area contributed by atoms with Gasteiger partial charge in [-0.05, 0) is 51.9 Å². The molecule has 0 radical (unpaired) electrons. The van der Waals surface area contributed by atoms with E-state index in [0.717, 1.165) is 0 Å². The van der Waals surface area contributed by atoms with Gasteiger partial charge in [0, 0.05) is 0 Å². The van der Waals surface area contributed by atoms with Crippen LogP contribution < -0.4 is 0 Å². The van der Waals surface area contributed by atoms with Gasteiger partial charge in [-0.3, -0.25) is 9.69 Å². The molecule has 0 aliphatic rings. The maximum absolute atomic E-state index is 12.7. The second-order valence-electron chi connectivity index (χ2n) is 8.95. The molecule has 0 saturated carbocycles. The summed E-state index contributed by atoms with van der Waals surface area (Å²) in [4.78, 5) is 26.2. The molecule has 1 unspecified atom stereocenters. The summed E-state index contributed by atoms with van der Waals surface area (Å²) in [6.45, 7) is 22.0. The minimum atomic E-state index is -1.99. The van der Waals surface area contributed by atoms with Crippen LogP contribution in [0.2, 0.25) is 18.1 Å². The number of ketones is 1. The van der Waals surface area contributed by atoms with Crippen LogP contribution in [0.5, 0.6) is 0 Å². The first kappa shape index (κ1) is 24.6. The highest BCUT2D eigenvalue weighted by molar-refractivity contribution is 6.74. The van der Waals surface area contributed by atoms with Gasteiger partial charge in [-0.1, -0.05) is 32.9 Å². The Balaban J connectivity index is 5.43. The van der Waals surface area contributed by atoms with Crippen molar-refractivity contribution in [2.45, 2.75) is 78.2 Å². The maximum atomic E-state index is 12.7. The van der Waals surface area contributed by atoms with E-state index in [-0.39, 0.29) is 17.4 Å². The third kappa shape index (κ3) is 8.32. The molecular weight excluding hydrogens is 346 g/mol. The molecule has 5 nitrogen and oxygen atoms in total. The van der Waals surface area contributed by atoms with Crippen molar-refractivity contribution in [3.8, 4) is 0 Å². The van der Waals surface area contributed by atoms with Gasteiger partial charge in [0.1, 0.15) is 5.60 Å². The zero-order chi connectivity index (χ0) is 20.8. The highest BCUT2D eigenvalue weighted by Crippen LogP contribution is 2.36. The van der Waals surface area contributed by atoms with Crippen molar-refractivity contribution >= 4 is 20.2 Å². The summed E-state index contributed by atoms with van der Waals surface area (Å²) in [7, 11) is -1.99. The first-order valence-corrected chi connectivity index (χ1v) is 12.0. The van der Waals surface area contributed by atoms with Crippen LogP contribution in [-0.2, 0) is 14.0 Å². The molecule has 0 aromatic heterocycles. The number of nitrogens with zero attached hydrogens (tertiary/aromatic N) is 1. The predicted molar refractivity (Wildman–Crippen MR) is 110 cm³/mol. The van der Waals surface area contributed by atoms with Crippen molar-refractivity contribution in [3.05, 3.63) is 24.8 Å². The summed E-state index contributed by atoms with van der Waals surface area (Å²) in [5.41, 5.74) is -0.648. The molecule has 0 bridgehead atoms. The van der Waals surface area contributed by atoms with Gasteiger partial charge < -0.3 is 9.16 Å². The second kappa shape index (κ2) is 9.51. The molecular formula is C20H37NO4Si. The maximum Gasteiger partial charge on any atom is 0.411 e. The SMILES string of the molecule is C=CC(CO[Si](C)(C)C(C)(C)C)N(CC(=O)/C=C/C)C(=O)OC(C)(C)C. The molecule has 150 valence electrons. The van der Waals surface area contributed by atoms with Crippen LogP contribution in [0, 0.1) is 0 Å². The molecule has 0 aromatic rings. The molecule has 0 saturated heterocycles. The van der Waals surface area contributed by atoms with E-state index in [1.165, 1.54) is 11.0 Å². The normalized spacial score (nSPS) is 14.2. The molecule has 1 amide bonds. The van der Waals surface area contributed by atoms with Crippen LogP contribution in [0.1, 0.15) is 48.5 Å². The van der Waals surface area contributed by atoms with Gasteiger partial charge in [-0.25, -0.2) is 4.79 Å². The van der Waals surface area contributed by atoms with Crippen LogP contribution in [0.15, 0.2) is 24.8 Å². The van der Waals surface area contributed by atoms with E-state index >= 15 is 0 Å². The Morgan fingerprint density at radius 2 is 1.69 bits per heavy atom. The van der Waals surface area contributed by atoms with E-state index in [0.29, 0.717) is 6.61 Å².